The number of hydrogen-bond acceptors (Lipinski definition) is 2. The normalized spacial score (nSPS) is 11.5. The van der Waals surface area contributed by atoms with E-state index in [1.165, 1.54) is 5.56 Å². The Hall–Kier alpha value is -3.14. The van der Waals surface area contributed by atoms with Gasteiger partial charge in [0, 0.05) is 11.8 Å². The smallest absolute Gasteiger partial charge is 0.140 e. The van der Waals surface area contributed by atoms with E-state index >= 15 is 0 Å². The molecule has 2 aromatic carbocycles. The van der Waals surface area contributed by atoms with Crippen molar-refractivity contribution in [2.75, 3.05) is 0 Å². The van der Waals surface area contributed by atoms with Gasteiger partial charge in [-0.05, 0) is 42.8 Å². The van der Waals surface area contributed by atoms with Crippen molar-refractivity contribution in [3.05, 3.63) is 72.1 Å². The molecule has 0 atom stereocenters. The van der Waals surface area contributed by atoms with Gasteiger partial charge in [0.2, 0.25) is 0 Å². The Bertz CT molecular complexity index is 958. The van der Waals surface area contributed by atoms with E-state index in [2.05, 4.69) is 26.9 Å². The van der Waals surface area contributed by atoms with Crippen LogP contribution in [0, 0.1) is 6.92 Å². The number of benzene rings is 2. The number of para-hydroxylation sites is 3. The fourth-order valence-corrected chi connectivity index (χ4v) is 2.60. The van der Waals surface area contributed by atoms with E-state index < -0.39 is 0 Å². The van der Waals surface area contributed by atoms with Gasteiger partial charge < -0.3 is 9.97 Å². The average molecular weight is 300 g/mol. The Morgan fingerprint density at radius 1 is 1.00 bits per heavy atom. The maximum atomic E-state index is 4.67. The number of nitrogens with one attached hydrogen (secondary N) is 2. The third-order valence-corrected chi connectivity index (χ3v) is 3.88. The number of aromatic amines is 2. The third kappa shape index (κ3) is 2.55. The van der Waals surface area contributed by atoms with Gasteiger partial charge in [0.05, 0.1) is 28.6 Å². The van der Waals surface area contributed by atoms with Gasteiger partial charge >= 0.3 is 0 Å². The molecule has 4 aromatic rings. The number of fused-ring (bicyclic) bond motifs is 1. The lowest BCUT2D eigenvalue weighted by Crippen LogP contribution is -1.85. The number of nitrogens with zero attached hydrogens (tertiary/aromatic N) is 2. The molecule has 112 valence electrons. The van der Waals surface area contributed by atoms with E-state index in [1.807, 2.05) is 67.0 Å². The van der Waals surface area contributed by atoms with Crippen LogP contribution in [0.15, 0.2) is 65.8 Å². The van der Waals surface area contributed by atoms with Crippen LogP contribution in [-0.2, 0) is 0 Å². The number of aryl methyl sites for hydroxylation is 1. The number of aromatic nitrogens is 3. The minimum absolute atomic E-state index is 0.835. The predicted octanol–water partition coefficient (Wildman–Crippen LogP) is 4.62. The Morgan fingerprint density at radius 2 is 1.83 bits per heavy atom. The highest BCUT2D eigenvalue weighted by molar-refractivity contribution is 5.86. The molecule has 0 saturated heterocycles. The number of imidazole rings is 1. The van der Waals surface area contributed by atoms with Crippen molar-refractivity contribution in [3.63, 3.8) is 0 Å². The summed E-state index contributed by atoms with van der Waals surface area (Å²) >= 11 is 0. The lowest BCUT2D eigenvalue weighted by molar-refractivity contribution is 1.32. The number of rotatable bonds is 3. The van der Waals surface area contributed by atoms with Crippen molar-refractivity contribution in [3.8, 4) is 11.4 Å². The standard InChI is InChI=1S/C19H16N4/c1-13-10-11-20-18(13)12-21-15-7-3-2-6-14(15)19-22-16-8-4-5-9-17(16)23-19/h2-12,20H,1H3,(H,22,23). The lowest BCUT2D eigenvalue weighted by atomic mass is 10.1. The number of hydrogen-bond donors (Lipinski definition) is 2. The van der Waals surface area contributed by atoms with E-state index in [0.29, 0.717) is 0 Å². The van der Waals surface area contributed by atoms with Gasteiger partial charge in [-0.25, -0.2) is 4.98 Å². The summed E-state index contributed by atoms with van der Waals surface area (Å²) in [7, 11) is 0. The van der Waals surface area contributed by atoms with Gasteiger partial charge in [-0.3, -0.25) is 4.99 Å². The molecule has 0 amide bonds. The van der Waals surface area contributed by atoms with Crippen molar-refractivity contribution in [2.24, 2.45) is 4.99 Å². The van der Waals surface area contributed by atoms with Crippen LogP contribution in [-0.4, -0.2) is 21.2 Å². The second kappa shape index (κ2) is 5.57. The average Bonchev–Trinajstić information content (AvgIpc) is 3.19. The first kappa shape index (κ1) is 13.5. The molecular weight excluding hydrogens is 284 g/mol. The van der Waals surface area contributed by atoms with Gasteiger partial charge in [0.1, 0.15) is 5.82 Å². The molecule has 2 heterocycles. The highest BCUT2D eigenvalue weighted by Gasteiger charge is 2.08. The van der Waals surface area contributed by atoms with Crippen molar-refractivity contribution in [2.45, 2.75) is 6.92 Å². The Morgan fingerprint density at radius 3 is 2.65 bits per heavy atom. The van der Waals surface area contributed by atoms with E-state index in [0.717, 1.165) is 33.8 Å². The van der Waals surface area contributed by atoms with Gasteiger partial charge in [-0.1, -0.05) is 24.3 Å². The molecule has 4 heteroatoms. The quantitative estimate of drug-likeness (QED) is 0.533. The topological polar surface area (TPSA) is 56.8 Å². The molecule has 0 aliphatic rings. The molecule has 0 aliphatic heterocycles. The maximum absolute atomic E-state index is 4.67. The molecule has 0 unspecified atom stereocenters. The summed E-state index contributed by atoms with van der Waals surface area (Å²) in [5, 5.41) is 0. The van der Waals surface area contributed by atoms with Crippen molar-refractivity contribution in [1.29, 1.82) is 0 Å². The van der Waals surface area contributed by atoms with Crippen molar-refractivity contribution < 1.29 is 0 Å². The minimum atomic E-state index is 0.835. The van der Waals surface area contributed by atoms with Gasteiger partial charge in [-0.2, -0.15) is 0 Å². The SMILES string of the molecule is Cc1cc[nH]c1C=Nc1ccccc1-c1nc2ccccc2[nH]1. The summed E-state index contributed by atoms with van der Waals surface area (Å²) in [5.74, 6) is 0.835. The maximum Gasteiger partial charge on any atom is 0.140 e. The first-order valence-electron chi connectivity index (χ1n) is 7.53. The van der Waals surface area contributed by atoms with Gasteiger partial charge in [0.25, 0.3) is 0 Å². The Balaban J connectivity index is 1.77. The van der Waals surface area contributed by atoms with E-state index in [1.54, 1.807) is 0 Å². The van der Waals surface area contributed by atoms with Crippen LogP contribution < -0.4 is 0 Å². The molecule has 0 bridgehead atoms. The molecule has 2 N–H and O–H groups in total. The van der Waals surface area contributed by atoms with Crippen LogP contribution >= 0.6 is 0 Å². The third-order valence-electron chi connectivity index (χ3n) is 3.88. The minimum Gasteiger partial charge on any atom is -0.360 e. The second-order valence-corrected chi connectivity index (χ2v) is 5.45. The summed E-state index contributed by atoms with van der Waals surface area (Å²) < 4.78 is 0. The highest BCUT2D eigenvalue weighted by atomic mass is 14.9. The largest absolute Gasteiger partial charge is 0.360 e. The van der Waals surface area contributed by atoms with Crippen molar-refractivity contribution in [1.82, 2.24) is 15.0 Å². The van der Waals surface area contributed by atoms with Crippen LogP contribution in [0.2, 0.25) is 0 Å². The van der Waals surface area contributed by atoms with Crippen LogP contribution in [0.4, 0.5) is 5.69 Å². The summed E-state index contributed by atoms with van der Waals surface area (Å²) in [6, 6.07) is 18.1. The van der Waals surface area contributed by atoms with Crippen LogP contribution in [0.5, 0.6) is 0 Å². The van der Waals surface area contributed by atoms with Gasteiger partial charge in [-0.15, -0.1) is 0 Å². The first-order chi connectivity index (χ1) is 11.3. The second-order valence-electron chi connectivity index (χ2n) is 5.45. The molecule has 4 nitrogen and oxygen atoms in total. The van der Waals surface area contributed by atoms with E-state index in [4.69, 9.17) is 0 Å². The molecule has 2 aromatic heterocycles. The zero-order valence-corrected chi connectivity index (χ0v) is 12.7. The zero-order valence-electron chi connectivity index (χ0n) is 12.7. The van der Waals surface area contributed by atoms with Crippen LogP contribution in [0.1, 0.15) is 11.3 Å². The predicted molar refractivity (Wildman–Crippen MR) is 94.3 cm³/mol. The number of H-pyrrole nitrogens is 2. The molecular formula is C19H16N4. The fourth-order valence-electron chi connectivity index (χ4n) is 2.60. The van der Waals surface area contributed by atoms with Crippen LogP contribution in [0.25, 0.3) is 22.4 Å². The first-order valence-corrected chi connectivity index (χ1v) is 7.53. The lowest BCUT2D eigenvalue weighted by Gasteiger charge is -2.02. The Labute approximate surface area is 133 Å². The summed E-state index contributed by atoms with van der Waals surface area (Å²) in [5.41, 5.74) is 6.06. The van der Waals surface area contributed by atoms with Gasteiger partial charge in [0.15, 0.2) is 0 Å². The summed E-state index contributed by atoms with van der Waals surface area (Å²) in [6.45, 7) is 2.06. The molecule has 0 radical (unpaired) electrons. The number of aliphatic imine (C=N–C) groups is 1. The van der Waals surface area contributed by atoms with Crippen LogP contribution in [0.3, 0.4) is 0 Å². The molecule has 0 fully saturated rings. The zero-order chi connectivity index (χ0) is 15.6. The van der Waals surface area contributed by atoms with E-state index in [9.17, 15) is 0 Å². The van der Waals surface area contributed by atoms with Crippen molar-refractivity contribution >= 4 is 22.9 Å². The molecule has 0 spiro atoms. The van der Waals surface area contributed by atoms with E-state index in [-0.39, 0.29) is 0 Å². The molecule has 0 saturated carbocycles. The Kier molecular flexibility index (Phi) is 3.27. The monoisotopic (exact) mass is 300 g/mol. The fraction of sp³-hybridized carbons (Fsp3) is 0.0526. The molecule has 0 aliphatic carbocycles. The summed E-state index contributed by atoms with van der Waals surface area (Å²) in [6.07, 6.45) is 3.78. The molecule has 4 rings (SSSR count). The highest BCUT2D eigenvalue weighted by Crippen LogP contribution is 2.29. The summed E-state index contributed by atoms with van der Waals surface area (Å²) in [4.78, 5) is 15.9. The molecule has 23 heavy (non-hydrogen) atoms.